The van der Waals surface area contributed by atoms with Gasteiger partial charge in [0.2, 0.25) is 0 Å². The maximum absolute atomic E-state index is 12.5. The number of piperidine rings is 1. The second kappa shape index (κ2) is 6.56. The third-order valence-corrected chi connectivity index (χ3v) is 4.88. The number of alkyl halides is 1. The molecule has 0 bridgehead atoms. The zero-order valence-electron chi connectivity index (χ0n) is 12.2. The molecule has 1 aliphatic rings. The summed E-state index contributed by atoms with van der Waals surface area (Å²) in [6.45, 7) is 5.38. The zero-order chi connectivity index (χ0) is 15.6. The Bertz CT molecular complexity index is 552. The molecule has 114 valence electrons. The fourth-order valence-electron chi connectivity index (χ4n) is 2.73. The summed E-state index contributed by atoms with van der Waals surface area (Å²) in [7, 11) is 0. The standard InChI is InChI=1S/C15H19BrN2O3/c1-10-9-13(18(20)21)3-4-14(10)15(19)17-7-5-12(6-8-17)11(2)16/h3-4,9,11-12H,5-8H2,1-2H3. The molecule has 1 fully saturated rings. The summed E-state index contributed by atoms with van der Waals surface area (Å²) in [5.41, 5.74) is 1.24. The van der Waals surface area contributed by atoms with E-state index in [4.69, 9.17) is 0 Å². The number of non-ortho nitro benzene ring substituents is 1. The minimum absolute atomic E-state index is 0.0240. The minimum atomic E-state index is -0.440. The van der Waals surface area contributed by atoms with Gasteiger partial charge in [0.25, 0.3) is 11.6 Å². The summed E-state index contributed by atoms with van der Waals surface area (Å²) in [6.07, 6.45) is 1.98. The van der Waals surface area contributed by atoms with Crippen LogP contribution in [0.5, 0.6) is 0 Å². The van der Waals surface area contributed by atoms with Crippen LogP contribution >= 0.6 is 15.9 Å². The number of carbonyl (C=O) groups is 1. The summed E-state index contributed by atoms with van der Waals surface area (Å²) in [5, 5.41) is 10.7. The SMILES string of the molecule is Cc1cc([N+](=O)[O-])ccc1C(=O)N1CCC(C(C)Br)CC1. The topological polar surface area (TPSA) is 63.5 Å². The molecule has 1 aromatic rings. The lowest BCUT2D eigenvalue weighted by Crippen LogP contribution is -2.40. The van der Waals surface area contributed by atoms with E-state index in [0.717, 1.165) is 25.9 Å². The molecule has 1 amide bonds. The number of aryl methyl sites for hydroxylation is 1. The van der Waals surface area contributed by atoms with Crippen LogP contribution in [0.25, 0.3) is 0 Å². The van der Waals surface area contributed by atoms with Crippen molar-refractivity contribution in [2.45, 2.75) is 31.5 Å². The van der Waals surface area contributed by atoms with E-state index in [-0.39, 0.29) is 11.6 Å². The van der Waals surface area contributed by atoms with Gasteiger partial charge in [-0.15, -0.1) is 0 Å². The molecule has 0 radical (unpaired) electrons. The number of rotatable bonds is 3. The summed E-state index contributed by atoms with van der Waals surface area (Å²) in [6, 6.07) is 4.42. The minimum Gasteiger partial charge on any atom is -0.339 e. The van der Waals surface area contributed by atoms with E-state index in [1.165, 1.54) is 12.1 Å². The molecule has 0 saturated carbocycles. The molecule has 1 aromatic carbocycles. The van der Waals surface area contributed by atoms with Crippen molar-refractivity contribution < 1.29 is 9.72 Å². The monoisotopic (exact) mass is 354 g/mol. The molecule has 1 saturated heterocycles. The van der Waals surface area contributed by atoms with Crippen LogP contribution in [-0.2, 0) is 0 Å². The fourth-order valence-corrected chi connectivity index (χ4v) is 3.26. The first kappa shape index (κ1) is 15.9. The highest BCUT2D eigenvalue weighted by Gasteiger charge is 2.26. The van der Waals surface area contributed by atoms with E-state index in [0.29, 0.717) is 21.9 Å². The van der Waals surface area contributed by atoms with Crippen molar-refractivity contribution in [2.24, 2.45) is 5.92 Å². The van der Waals surface area contributed by atoms with Crippen LogP contribution in [0.4, 0.5) is 5.69 Å². The Labute approximate surface area is 132 Å². The first-order valence-electron chi connectivity index (χ1n) is 7.08. The highest BCUT2D eigenvalue weighted by Crippen LogP contribution is 2.26. The van der Waals surface area contributed by atoms with Gasteiger partial charge in [0.15, 0.2) is 0 Å². The van der Waals surface area contributed by atoms with Crippen molar-refractivity contribution in [3.63, 3.8) is 0 Å². The van der Waals surface area contributed by atoms with Gasteiger partial charge in [0.1, 0.15) is 0 Å². The van der Waals surface area contributed by atoms with Crippen LogP contribution in [0.1, 0.15) is 35.7 Å². The average Bonchev–Trinajstić information content (AvgIpc) is 2.46. The Kier molecular flexibility index (Phi) is 4.98. The normalized spacial score (nSPS) is 17.6. The van der Waals surface area contributed by atoms with Gasteiger partial charge in [-0.25, -0.2) is 0 Å². The van der Waals surface area contributed by atoms with E-state index < -0.39 is 4.92 Å². The molecule has 0 aliphatic carbocycles. The van der Waals surface area contributed by atoms with Gasteiger partial charge < -0.3 is 4.90 Å². The van der Waals surface area contributed by atoms with Gasteiger partial charge in [-0.3, -0.25) is 14.9 Å². The Morgan fingerprint density at radius 1 is 1.43 bits per heavy atom. The first-order chi connectivity index (χ1) is 9.90. The molecule has 1 heterocycles. The van der Waals surface area contributed by atoms with Crippen molar-refractivity contribution in [1.82, 2.24) is 4.90 Å². The summed E-state index contributed by atoms with van der Waals surface area (Å²) < 4.78 is 0. The number of likely N-dealkylation sites (tertiary alicyclic amines) is 1. The van der Waals surface area contributed by atoms with Crippen LogP contribution in [0.3, 0.4) is 0 Å². The number of amides is 1. The highest BCUT2D eigenvalue weighted by atomic mass is 79.9. The number of benzene rings is 1. The average molecular weight is 355 g/mol. The molecular weight excluding hydrogens is 336 g/mol. The van der Waals surface area contributed by atoms with Gasteiger partial charge in [-0.2, -0.15) is 0 Å². The summed E-state index contributed by atoms with van der Waals surface area (Å²) in [4.78, 5) is 25.1. The predicted molar refractivity (Wildman–Crippen MR) is 84.8 cm³/mol. The molecular formula is C15H19BrN2O3. The van der Waals surface area contributed by atoms with Crippen LogP contribution in [-0.4, -0.2) is 33.6 Å². The molecule has 0 spiro atoms. The highest BCUT2D eigenvalue weighted by molar-refractivity contribution is 9.09. The number of carbonyl (C=O) groups excluding carboxylic acids is 1. The van der Waals surface area contributed by atoms with E-state index in [2.05, 4.69) is 22.9 Å². The fraction of sp³-hybridized carbons (Fsp3) is 0.533. The molecule has 1 unspecified atom stereocenters. The Morgan fingerprint density at radius 2 is 2.05 bits per heavy atom. The van der Waals surface area contributed by atoms with Crippen molar-refractivity contribution in [3.05, 3.63) is 39.4 Å². The third kappa shape index (κ3) is 3.61. The number of nitro benzene ring substituents is 1. The van der Waals surface area contributed by atoms with Gasteiger partial charge in [0, 0.05) is 35.6 Å². The predicted octanol–water partition coefficient (Wildman–Crippen LogP) is 3.54. The number of nitrogens with zero attached hydrogens (tertiary/aromatic N) is 2. The van der Waals surface area contributed by atoms with Crippen molar-refractivity contribution in [2.75, 3.05) is 13.1 Å². The van der Waals surface area contributed by atoms with E-state index >= 15 is 0 Å². The molecule has 1 aliphatic heterocycles. The van der Waals surface area contributed by atoms with Crippen molar-refractivity contribution in [3.8, 4) is 0 Å². The molecule has 21 heavy (non-hydrogen) atoms. The number of halogens is 1. The van der Waals surface area contributed by atoms with Crippen LogP contribution in [0.2, 0.25) is 0 Å². The number of hydrogen-bond donors (Lipinski definition) is 0. The van der Waals surface area contributed by atoms with E-state index in [9.17, 15) is 14.9 Å². The largest absolute Gasteiger partial charge is 0.339 e. The maximum atomic E-state index is 12.5. The second-order valence-corrected chi connectivity index (χ2v) is 7.01. The maximum Gasteiger partial charge on any atom is 0.269 e. The second-order valence-electron chi connectivity index (χ2n) is 5.56. The summed E-state index contributed by atoms with van der Waals surface area (Å²) >= 11 is 3.60. The molecule has 5 nitrogen and oxygen atoms in total. The number of hydrogen-bond acceptors (Lipinski definition) is 3. The van der Waals surface area contributed by atoms with Crippen LogP contribution in [0, 0.1) is 23.0 Å². The van der Waals surface area contributed by atoms with Gasteiger partial charge in [-0.1, -0.05) is 22.9 Å². The molecule has 1 atom stereocenters. The zero-order valence-corrected chi connectivity index (χ0v) is 13.8. The lowest BCUT2D eigenvalue weighted by Gasteiger charge is -2.33. The van der Waals surface area contributed by atoms with Crippen molar-refractivity contribution >= 4 is 27.5 Å². The lowest BCUT2D eigenvalue weighted by atomic mass is 9.93. The Morgan fingerprint density at radius 3 is 2.52 bits per heavy atom. The number of nitro groups is 1. The Balaban J connectivity index is 2.09. The third-order valence-electron chi connectivity index (χ3n) is 4.13. The van der Waals surface area contributed by atoms with Gasteiger partial charge in [0.05, 0.1) is 4.92 Å². The van der Waals surface area contributed by atoms with E-state index in [1.807, 2.05) is 4.90 Å². The van der Waals surface area contributed by atoms with Crippen LogP contribution in [0.15, 0.2) is 18.2 Å². The summed E-state index contributed by atoms with van der Waals surface area (Å²) in [5.74, 6) is 0.579. The smallest absolute Gasteiger partial charge is 0.269 e. The lowest BCUT2D eigenvalue weighted by molar-refractivity contribution is -0.384. The quantitative estimate of drug-likeness (QED) is 0.473. The molecule has 2 rings (SSSR count). The van der Waals surface area contributed by atoms with Gasteiger partial charge in [-0.05, 0) is 37.3 Å². The molecule has 6 heteroatoms. The molecule has 0 aromatic heterocycles. The van der Waals surface area contributed by atoms with E-state index in [1.54, 1.807) is 13.0 Å². The van der Waals surface area contributed by atoms with Crippen LogP contribution < -0.4 is 0 Å². The van der Waals surface area contributed by atoms with Gasteiger partial charge >= 0.3 is 0 Å². The van der Waals surface area contributed by atoms with Crippen molar-refractivity contribution in [1.29, 1.82) is 0 Å². The first-order valence-corrected chi connectivity index (χ1v) is 8.00. The molecule has 0 N–H and O–H groups in total. The Hall–Kier alpha value is -1.43.